The number of carbonyl (C=O) groups is 1. The van der Waals surface area contributed by atoms with Crippen LogP contribution < -0.4 is 5.43 Å². The summed E-state index contributed by atoms with van der Waals surface area (Å²) in [5.74, 6) is -0.198. The molecule has 3 nitrogen and oxygen atoms in total. The number of rotatable bonds is 5. The highest BCUT2D eigenvalue weighted by atomic mass is 35.5. The summed E-state index contributed by atoms with van der Waals surface area (Å²) >= 11 is 13.4. The summed E-state index contributed by atoms with van der Waals surface area (Å²) in [5.41, 5.74) is 4.21. The van der Waals surface area contributed by atoms with E-state index in [0.717, 1.165) is 16.0 Å². The van der Waals surface area contributed by atoms with Gasteiger partial charge in [-0.15, -0.1) is 11.8 Å². The molecular formula is C16H14Cl2N2OS. The number of nitrogens with zero attached hydrogens (tertiary/aromatic N) is 1. The summed E-state index contributed by atoms with van der Waals surface area (Å²) in [5, 5.41) is 5.17. The van der Waals surface area contributed by atoms with Crippen molar-refractivity contribution in [1.82, 2.24) is 5.43 Å². The second-order valence-electron chi connectivity index (χ2n) is 4.48. The van der Waals surface area contributed by atoms with Gasteiger partial charge in [-0.25, -0.2) is 5.43 Å². The van der Waals surface area contributed by atoms with Crippen LogP contribution in [0.15, 0.2) is 52.5 Å². The van der Waals surface area contributed by atoms with Crippen LogP contribution >= 0.6 is 35.0 Å². The minimum absolute atomic E-state index is 0.198. The number of thioether (sulfide) groups is 1. The third kappa shape index (κ3) is 5.05. The second kappa shape index (κ2) is 8.22. The molecule has 0 atom stereocenters. The minimum atomic E-state index is -0.198. The van der Waals surface area contributed by atoms with Gasteiger partial charge in [-0.1, -0.05) is 35.3 Å². The fourth-order valence-electron chi connectivity index (χ4n) is 1.86. The van der Waals surface area contributed by atoms with Crippen LogP contribution in [0.25, 0.3) is 0 Å². The molecule has 2 aromatic rings. The van der Waals surface area contributed by atoms with Crippen molar-refractivity contribution in [2.45, 2.75) is 11.3 Å². The molecule has 2 aromatic carbocycles. The average Bonchev–Trinajstić information content (AvgIpc) is 2.47. The van der Waals surface area contributed by atoms with Gasteiger partial charge in [-0.05, 0) is 47.7 Å². The van der Waals surface area contributed by atoms with Crippen molar-refractivity contribution in [3.8, 4) is 0 Å². The summed E-state index contributed by atoms with van der Waals surface area (Å²) in [6.45, 7) is 0. The lowest BCUT2D eigenvalue weighted by Crippen LogP contribution is -2.20. The van der Waals surface area contributed by atoms with Gasteiger partial charge in [0.2, 0.25) is 5.91 Å². The third-order valence-electron chi connectivity index (χ3n) is 2.85. The number of nitrogens with one attached hydrogen (secondary N) is 1. The van der Waals surface area contributed by atoms with E-state index in [-0.39, 0.29) is 12.3 Å². The van der Waals surface area contributed by atoms with E-state index >= 15 is 0 Å². The van der Waals surface area contributed by atoms with Crippen molar-refractivity contribution >= 4 is 47.1 Å². The predicted molar refractivity (Wildman–Crippen MR) is 94.1 cm³/mol. The molecule has 0 radical (unpaired) electrons. The van der Waals surface area contributed by atoms with Gasteiger partial charge >= 0.3 is 0 Å². The Morgan fingerprint density at radius 2 is 2.00 bits per heavy atom. The van der Waals surface area contributed by atoms with Gasteiger partial charge < -0.3 is 0 Å². The Kier molecular flexibility index (Phi) is 6.31. The number of carbonyl (C=O) groups excluding carboxylic acids is 1. The van der Waals surface area contributed by atoms with E-state index in [2.05, 4.69) is 10.5 Å². The zero-order valence-corrected chi connectivity index (χ0v) is 14.2. The Morgan fingerprint density at radius 1 is 1.23 bits per heavy atom. The van der Waals surface area contributed by atoms with Gasteiger partial charge in [0.05, 0.1) is 12.6 Å². The molecule has 0 spiro atoms. The molecule has 1 N–H and O–H groups in total. The minimum Gasteiger partial charge on any atom is -0.273 e. The Labute approximate surface area is 143 Å². The lowest BCUT2D eigenvalue weighted by Gasteiger charge is -2.07. The summed E-state index contributed by atoms with van der Waals surface area (Å²) in [4.78, 5) is 13.0. The second-order valence-corrected chi connectivity index (χ2v) is 6.20. The van der Waals surface area contributed by atoms with Gasteiger partial charge in [-0.2, -0.15) is 5.10 Å². The maximum absolute atomic E-state index is 11.9. The van der Waals surface area contributed by atoms with Gasteiger partial charge in [0, 0.05) is 14.9 Å². The zero-order valence-electron chi connectivity index (χ0n) is 11.8. The van der Waals surface area contributed by atoms with E-state index in [1.165, 1.54) is 0 Å². The van der Waals surface area contributed by atoms with E-state index < -0.39 is 0 Å². The van der Waals surface area contributed by atoms with Crippen LogP contribution in [-0.4, -0.2) is 18.4 Å². The number of benzene rings is 2. The average molecular weight is 353 g/mol. The van der Waals surface area contributed by atoms with E-state index in [9.17, 15) is 4.79 Å². The lowest BCUT2D eigenvalue weighted by molar-refractivity contribution is -0.120. The topological polar surface area (TPSA) is 41.5 Å². The number of amides is 1. The number of halogens is 2. The fourth-order valence-corrected chi connectivity index (χ4v) is 2.85. The quantitative estimate of drug-likeness (QED) is 0.492. The number of hydrazone groups is 1. The van der Waals surface area contributed by atoms with Crippen LogP contribution in [0.2, 0.25) is 10.0 Å². The molecule has 0 aromatic heterocycles. The van der Waals surface area contributed by atoms with Crippen LogP contribution in [-0.2, 0) is 11.2 Å². The molecule has 0 saturated heterocycles. The molecular weight excluding hydrogens is 339 g/mol. The Balaban J connectivity index is 1.97. The molecule has 114 valence electrons. The van der Waals surface area contributed by atoms with Crippen molar-refractivity contribution in [2.24, 2.45) is 5.10 Å². The zero-order chi connectivity index (χ0) is 15.9. The van der Waals surface area contributed by atoms with E-state index in [1.54, 1.807) is 36.2 Å². The Morgan fingerprint density at radius 3 is 2.73 bits per heavy atom. The summed E-state index contributed by atoms with van der Waals surface area (Å²) in [6, 6.07) is 12.7. The predicted octanol–water partition coefficient (Wildman–Crippen LogP) is 4.41. The fraction of sp³-hybridized carbons (Fsp3) is 0.125. The molecule has 6 heteroatoms. The molecule has 22 heavy (non-hydrogen) atoms. The van der Waals surface area contributed by atoms with Crippen LogP contribution in [0.5, 0.6) is 0 Å². The lowest BCUT2D eigenvalue weighted by atomic mass is 10.1. The highest BCUT2D eigenvalue weighted by Gasteiger charge is 2.08. The molecule has 1 amide bonds. The van der Waals surface area contributed by atoms with E-state index in [4.69, 9.17) is 23.2 Å². The highest BCUT2D eigenvalue weighted by Crippen LogP contribution is 2.24. The van der Waals surface area contributed by atoms with Gasteiger partial charge in [-0.3, -0.25) is 4.79 Å². The van der Waals surface area contributed by atoms with Gasteiger partial charge in [0.15, 0.2) is 0 Å². The molecule has 0 unspecified atom stereocenters. The molecule has 0 aliphatic heterocycles. The number of hydrogen-bond acceptors (Lipinski definition) is 3. The maximum Gasteiger partial charge on any atom is 0.244 e. The Bertz CT molecular complexity index is 704. The van der Waals surface area contributed by atoms with Crippen LogP contribution in [0.3, 0.4) is 0 Å². The van der Waals surface area contributed by atoms with Crippen molar-refractivity contribution in [2.75, 3.05) is 6.26 Å². The first-order chi connectivity index (χ1) is 10.6. The summed E-state index contributed by atoms with van der Waals surface area (Å²) in [6.07, 6.45) is 3.74. The van der Waals surface area contributed by atoms with Crippen molar-refractivity contribution in [1.29, 1.82) is 0 Å². The van der Waals surface area contributed by atoms with Crippen LogP contribution in [0, 0.1) is 0 Å². The van der Waals surface area contributed by atoms with E-state index in [1.807, 2.05) is 30.5 Å². The van der Waals surface area contributed by atoms with E-state index in [0.29, 0.717) is 10.0 Å². The summed E-state index contributed by atoms with van der Waals surface area (Å²) in [7, 11) is 0. The molecule has 0 saturated carbocycles. The largest absolute Gasteiger partial charge is 0.273 e. The molecule has 2 rings (SSSR count). The molecule has 0 heterocycles. The van der Waals surface area contributed by atoms with Gasteiger partial charge in [0.1, 0.15) is 0 Å². The summed E-state index contributed by atoms with van der Waals surface area (Å²) < 4.78 is 0. The highest BCUT2D eigenvalue weighted by molar-refractivity contribution is 7.98. The van der Waals surface area contributed by atoms with Gasteiger partial charge in [0.25, 0.3) is 0 Å². The van der Waals surface area contributed by atoms with Crippen LogP contribution in [0.1, 0.15) is 11.1 Å². The molecule has 0 fully saturated rings. The van der Waals surface area contributed by atoms with Crippen molar-refractivity contribution in [3.63, 3.8) is 0 Å². The maximum atomic E-state index is 11.9. The third-order valence-corrected chi connectivity index (χ3v) is 4.15. The first-order valence-corrected chi connectivity index (χ1v) is 8.46. The van der Waals surface area contributed by atoms with Crippen molar-refractivity contribution < 1.29 is 4.79 Å². The first kappa shape index (κ1) is 16.9. The Hall–Kier alpha value is -1.49. The monoisotopic (exact) mass is 352 g/mol. The first-order valence-electron chi connectivity index (χ1n) is 6.48. The van der Waals surface area contributed by atoms with Crippen LogP contribution in [0.4, 0.5) is 0 Å². The molecule has 0 aliphatic rings. The molecule has 0 aliphatic carbocycles. The smallest absolute Gasteiger partial charge is 0.244 e. The normalized spacial score (nSPS) is 10.9. The number of hydrogen-bond donors (Lipinski definition) is 1. The standard InChI is InChI=1S/C16H14Cl2N2OS/c1-22-15-6-5-14(18)8-12(15)9-16(21)20-19-10-11-3-2-4-13(17)7-11/h2-8,10H,9H2,1H3,(H,20,21)/b19-10-. The SMILES string of the molecule is CSc1ccc(Cl)cc1CC(=O)N/N=C\c1cccc(Cl)c1. The van der Waals surface area contributed by atoms with Crippen molar-refractivity contribution in [3.05, 3.63) is 63.6 Å². The molecule has 0 bridgehead atoms.